The van der Waals surface area contributed by atoms with Gasteiger partial charge in [0, 0.05) is 23.1 Å². The van der Waals surface area contributed by atoms with Crippen LogP contribution in [0, 0.1) is 0 Å². The van der Waals surface area contributed by atoms with Gasteiger partial charge >= 0.3 is 0 Å². The van der Waals surface area contributed by atoms with Crippen molar-refractivity contribution < 1.29 is 4.79 Å². The molecular weight excluding hydrogens is 330 g/mol. The highest BCUT2D eigenvalue weighted by molar-refractivity contribution is 9.10. The first-order chi connectivity index (χ1) is 10.2. The summed E-state index contributed by atoms with van der Waals surface area (Å²) in [4.78, 5) is 14.6. The fraction of sp³-hybridized carbons (Fsp3) is 0.562. The molecule has 2 aliphatic heterocycles. The Bertz CT molecular complexity index is 508. The Morgan fingerprint density at radius 3 is 2.95 bits per heavy atom. The lowest BCUT2D eigenvalue weighted by Gasteiger charge is -2.32. The standard InChI is InChI=1S/C16H22BrN3O/c17-12-5-1-2-6-13(12)19-16(21)11-18-14-8-10-20-9-4-3-7-15(14)20/h1-2,5-6,14-15,18H,3-4,7-11H2,(H,19,21). The number of hydrogen-bond acceptors (Lipinski definition) is 3. The van der Waals surface area contributed by atoms with E-state index in [9.17, 15) is 4.79 Å². The zero-order valence-electron chi connectivity index (χ0n) is 12.1. The van der Waals surface area contributed by atoms with Gasteiger partial charge in [0.25, 0.3) is 0 Å². The molecule has 0 saturated carbocycles. The highest BCUT2D eigenvalue weighted by Crippen LogP contribution is 2.27. The van der Waals surface area contributed by atoms with Crippen LogP contribution in [0.2, 0.25) is 0 Å². The van der Waals surface area contributed by atoms with Gasteiger partial charge in [-0.05, 0) is 53.9 Å². The van der Waals surface area contributed by atoms with Crippen LogP contribution in [-0.4, -0.2) is 42.5 Å². The van der Waals surface area contributed by atoms with Gasteiger partial charge in [-0.2, -0.15) is 0 Å². The Hall–Kier alpha value is -0.910. The van der Waals surface area contributed by atoms with Gasteiger partial charge in [0.2, 0.25) is 5.91 Å². The van der Waals surface area contributed by atoms with Gasteiger partial charge in [-0.25, -0.2) is 0 Å². The largest absolute Gasteiger partial charge is 0.324 e. The van der Waals surface area contributed by atoms with Crippen molar-refractivity contribution in [3.05, 3.63) is 28.7 Å². The number of halogens is 1. The highest BCUT2D eigenvalue weighted by Gasteiger charge is 2.35. The second-order valence-electron chi connectivity index (χ2n) is 5.90. The van der Waals surface area contributed by atoms with E-state index in [-0.39, 0.29) is 5.91 Å². The second kappa shape index (κ2) is 6.90. The lowest BCUT2D eigenvalue weighted by Crippen LogP contribution is -2.46. The smallest absolute Gasteiger partial charge is 0.238 e. The number of nitrogens with zero attached hydrogens (tertiary/aromatic N) is 1. The lowest BCUT2D eigenvalue weighted by atomic mass is 9.99. The van der Waals surface area contributed by atoms with Crippen LogP contribution in [0.5, 0.6) is 0 Å². The Morgan fingerprint density at radius 2 is 2.10 bits per heavy atom. The number of para-hydroxylation sites is 1. The average Bonchev–Trinajstić information content (AvgIpc) is 2.91. The van der Waals surface area contributed by atoms with Crippen molar-refractivity contribution in [2.75, 3.05) is 25.0 Å². The Morgan fingerprint density at radius 1 is 1.24 bits per heavy atom. The second-order valence-corrected chi connectivity index (χ2v) is 6.76. The highest BCUT2D eigenvalue weighted by atomic mass is 79.9. The van der Waals surface area contributed by atoms with Gasteiger partial charge in [-0.1, -0.05) is 18.6 Å². The van der Waals surface area contributed by atoms with E-state index >= 15 is 0 Å². The van der Waals surface area contributed by atoms with Crippen molar-refractivity contribution in [3.8, 4) is 0 Å². The summed E-state index contributed by atoms with van der Waals surface area (Å²) in [6.45, 7) is 2.79. The van der Waals surface area contributed by atoms with Crippen LogP contribution in [-0.2, 0) is 4.79 Å². The molecule has 114 valence electrons. The summed E-state index contributed by atoms with van der Waals surface area (Å²) < 4.78 is 0.915. The molecule has 0 radical (unpaired) electrons. The predicted octanol–water partition coefficient (Wildman–Crippen LogP) is 2.60. The zero-order valence-corrected chi connectivity index (χ0v) is 13.7. The number of amides is 1. The zero-order chi connectivity index (χ0) is 14.7. The van der Waals surface area contributed by atoms with Crippen molar-refractivity contribution in [1.29, 1.82) is 0 Å². The Balaban J connectivity index is 1.49. The SMILES string of the molecule is O=C(CNC1CCN2CCCCC12)Nc1ccccc1Br. The van der Waals surface area contributed by atoms with Crippen LogP contribution in [0.4, 0.5) is 5.69 Å². The molecule has 2 N–H and O–H groups in total. The number of rotatable bonds is 4. The maximum atomic E-state index is 12.1. The summed E-state index contributed by atoms with van der Waals surface area (Å²) in [6, 6.07) is 8.80. The summed E-state index contributed by atoms with van der Waals surface area (Å²) >= 11 is 3.45. The number of nitrogens with one attached hydrogen (secondary N) is 2. The normalized spacial score (nSPS) is 25.6. The van der Waals surface area contributed by atoms with E-state index in [1.54, 1.807) is 0 Å². The third-order valence-electron chi connectivity index (χ3n) is 4.53. The molecule has 1 aromatic rings. The molecule has 2 aliphatic rings. The first-order valence-electron chi connectivity index (χ1n) is 7.76. The molecule has 2 saturated heterocycles. The van der Waals surface area contributed by atoms with Gasteiger partial charge in [0.05, 0.1) is 12.2 Å². The number of fused-ring (bicyclic) bond motifs is 1. The van der Waals surface area contributed by atoms with Crippen LogP contribution in [0.15, 0.2) is 28.7 Å². The molecule has 1 amide bonds. The average molecular weight is 352 g/mol. The van der Waals surface area contributed by atoms with Gasteiger partial charge in [-0.15, -0.1) is 0 Å². The molecule has 2 fully saturated rings. The molecule has 0 bridgehead atoms. The van der Waals surface area contributed by atoms with Gasteiger partial charge in [0.1, 0.15) is 0 Å². The molecule has 4 nitrogen and oxygen atoms in total. The predicted molar refractivity (Wildman–Crippen MR) is 88.4 cm³/mol. The molecular formula is C16H22BrN3O. The van der Waals surface area contributed by atoms with E-state index < -0.39 is 0 Å². The minimum Gasteiger partial charge on any atom is -0.324 e. The number of carbonyl (C=O) groups is 1. The molecule has 0 spiro atoms. The van der Waals surface area contributed by atoms with E-state index in [1.807, 2.05) is 24.3 Å². The van der Waals surface area contributed by atoms with Crippen molar-refractivity contribution in [2.24, 2.45) is 0 Å². The third-order valence-corrected chi connectivity index (χ3v) is 5.22. The van der Waals surface area contributed by atoms with E-state index in [1.165, 1.54) is 32.4 Å². The third kappa shape index (κ3) is 3.65. The molecule has 1 aromatic carbocycles. The quantitative estimate of drug-likeness (QED) is 0.876. The summed E-state index contributed by atoms with van der Waals surface area (Å²) in [5.41, 5.74) is 0.829. The maximum Gasteiger partial charge on any atom is 0.238 e. The van der Waals surface area contributed by atoms with E-state index in [0.29, 0.717) is 18.6 Å². The lowest BCUT2D eigenvalue weighted by molar-refractivity contribution is -0.115. The Labute approximate surface area is 134 Å². The van der Waals surface area contributed by atoms with E-state index in [2.05, 4.69) is 31.5 Å². The van der Waals surface area contributed by atoms with Crippen LogP contribution < -0.4 is 10.6 Å². The van der Waals surface area contributed by atoms with Crippen molar-refractivity contribution in [1.82, 2.24) is 10.2 Å². The van der Waals surface area contributed by atoms with Crippen LogP contribution >= 0.6 is 15.9 Å². The molecule has 5 heteroatoms. The summed E-state index contributed by atoms with van der Waals surface area (Å²) in [7, 11) is 0. The van der Waals surface area contributed by atoms with E-state index in [4.69, 9.17) is 0 Å². The minimum atomic E-state index is 0.0242. The van der Waals surface area contributed by atoms with Gasteiger partial charge in [0.15, 0.2) is 0 Å². The van der Waals surface area contributed by atoms with E-state index in [0.717, 1.165) is 16.6 Å². The molecule has 0 aromatic heterocycles. The van der Waals surface area contributed by atoms with Gasteiger partial charge < -0.3 is 10.6 Å². The summed E-state index contributed by atoms with van der Waals surface area (Å²) in [5, 5.41) is 6.40. The number of hydrogen-bond donors (Lipinski definition) is 2. The first kappa shape index (κ1) is 15.0. The molecule has 3 rings (SSSR count). The maximum absolute atomic E-state index is 12.1. The monoisotopic (exact) mass is 351 g/mol. The minimum absolute atomic E-state index is 0.0242. The molecule has 21 heavy (non-hydrogen) atoms. The molecule has 2 heterocycles. The number of anilines is 1. The molecule has 0 aliphatic carbocycles. The summed E-state index contributed by atoms with van der Waals surface area (Å²) in [6.07, 6.45) is 5.07. The van der Waals surface area contributed by atoms with Crippen LogP contribution in [0.1, 0.15) is 25.7 Å². The van der Waals surface area contributed by atoms with Crippen molar-refractivity contribution in [3.63, 3.8) is 0 Å². The molecule has 2 atom stereocenters. The fourth-order valence-corrected chi connectivity index (χ4v) is 3.85. The number of carbonyl (C=O) groups excluding carboxylic acids is 1. The van der Waals surface area contributed by atoms with Crippen LogP contribution in [0.25, 0.3) is 0 Å². The first-order valence-corrected chi connectivity index (χ1v) is 8.55. The van der Waals surface area contributed by atoms with Crippen LogP contribution in [0.3, 0.4) is 0 Å². The molecule has 2 unspecified atom stereocenters. The number of piperidine rings is 1. The Kier molecular flexibility index (Phi) is 4.93. The summed E-state index contributed by atoms with van der Waals surface area (Å²) in [5.74, 6) is 0.0242. The van der Waals surface area contributed by atoms with Crippen molar-refractivity contribution in [2.45, 2.75) is 37.8 Å². The number of benzene rings is 1. The fourth-order valence-electron chi connectivity index (χ4n) is 3.47. The van der Waals surface area contributed by atoms with Crippen molar-refractivity contribution >= 4 is 27.5 Å². The van der Waals surface area contributed by atoms with Gasteiger partial charge in [-0.3, -0.25) is 9.69 Å². The topological polar surface area (TPSA) is 44.4 Å².